The van der Waals surface area contributed by atoms with E-state index in [0.717, 1.165) is 24.9 Å². The molecule has 0 bridgehead atoms. The summed E-state index contributed by atoms with van der Waals surface area (Å²) in [6.45, 7) is 4.53. The molecule has 0 spiro atoms. The monoisotopic (exact) mass is 339 g/mol. The van der Waals surface area contributed by atoms with Crippen molar-refractivity contribution in [1.82, 2.24) is 10.2 Å². The minimum Gasteiger partial charge on any atom is -0.346 e. The highest BCUT2D eigenvalue weighted by Crippen LogP contribution is 2.31. The van der Waals surface area contributed by atoms with Gasteiger partial charge in [-0.2, -0.15) is 0 Å². The lowest BCUT2D eigenvalue weighted by Gasteiger charge is -2.25. The molecule has 2 amide bonds. The first kappa shape index (κ1) is 19.5. The third kappa shape index (κ3) is 4.94. The first-order chi connectivity index (χ1) is 10.5. The first-order valence-corrected chi connectivity index (χ1v) is 7.88. The number of amides is 2. The third-order valence-electron chi connectivity index (χ3n) is 4.19. The topological polar surface area (TPSA) is 75.4 Å². The second kappa shape index (κ2) is 8.89. The highest BCUT2D eigenvalue weighted by atomic mass is 35.5. The van der Waals surface area contributed by atoms with Gasteiger partial charge in [0, 0.05) is 6.54 Å². The first-order valence-electron chi connectivity index (χ1n) is 7.88. The molecule has 1 aliphatic heterocycles. The zero-order chi connectivity index (χ0) is 16.1. The Balaban J connectivity index is 0.00000264. The lowest BCUT2D eigenvalue weighted by atomic mass is 10.0. The maximum atomic E-state index is 12.4. The van der Waals surface area contributed by atoms with E-state index >= 15 is 0 Å². The van der Waals surface area contributed by atoms with E-state index in [0.29, 0.717) is 0 Å². The Morgan fingerprint density at radius 2 is 1.96 bits per heavy atom. The number of hydrogen-bond donors (Lipinski definition) is 2. The van der Waals surface area contributed by atoms with Crippen molar-refractivity contribution in [2.75, 3.05) is 13.1 Å². The Labute approximate surface area is 144 Å². The molecule has 0 aromatic heterocycles. The van der Waals surface area contributed by atoms with Gasteiger partial charge in [0.25, 0.3) is 0 Å². The fourth-order valence-corrected chi connectivity index (χ4v) is 2.77. The number of halogens is 1. The van der Waals surface area contributed by atoms with Gasteiger partial charge in [0.05, 0.1) is 18.6 Å². The molecule has 6 heteroatoms. The van der Waals surface area contributed by atoms with Crippen molar-refractivity contribution in [1.29, 1.82) is 0 Å². The molecule has 2 rings (SSSR count). The molecule has 1 unspecified atom stereocenters. The normalized spacial score (nSPS) is 18.4. The van der Waals surface area contributed by atoms with E-state index in [1.807, 2.05) is 49.1 Å². The second-order valence-electron chi connectivity index (χ2n) is 6.14. The standard InChI is InChI=1S/C17H25N3O2.ClH/c1-12(2)16(18)17(22)19-11-15(21)20-10-6-9-14(20)13-7-4-3-5-8-13;/h3-5,7-8,12,14,16H,6,9-11,18H2,1-2H3,(H,19,22);1H/t14?,16-;/m0./s1. The number of likely N-dealkylation sites (tertiary alicyclic amines) is 1. The largest absolute Gasteiger partial charge is 0.346 e. The van der Waals surface area contributed by atoms with E-state index < -0.39 is 6.04 Å². The zero-order valence-electron chi connectivity index (χ0n) is 13.7. The van der Waals surface area contributed by atoms with Crippen LogP contribution in [0.5, 0.6) is 0 Å². The van der Waals surface area contributed by atoms with E-state index in [-0.39, 0.29) is 42.7 Å². The van der Waals surface area contributed by atoms with Crippen molar-refractivity contribution in [3.8, 4) is 0 Å². The predicted molar refractivity (Wildman–Crippen MR) is 93.2 cm³/mol. The van der Waals surface area contributed by atoms with Gasteiger partial charge in [-0.1, -0.05) is 44.2 Å². The molecule has 1 fully saturated rings. The van der Waals surface area contributed by atoms with Crippen molar-refractivity contribution >= 4 is 24.2 Å². The molecule has 1 heterocycles. The maximum absolute atomic E-state index is 12.4. The predicted octanol–water partition coefficient (Wildman–Crippen LogP) is 1.87. The van der Waals surface area contributed by atoms with Crippen LogP contribution in [0.2, 0.25) is 0 Å². The highest BCUT2D eigenvalue weighted by Gasteiger charge is 2.30. The van der Waals surface area contributed by atoms with Gasteiger partial charge in [0.1, 0.15) is 0 Å². The quantitative estimate of drug-likeness (QED) is 0.860. The smallest absolute Gasteiger partial charge is 0.242 e. The summed E-state index contributed by atoms with van der Waals surface area (Å²) < 4.78 is 0. The van der Waals surface area contributed by atoms with Crippen molar-refractivity contribution in [2.45, 2.75) is 38.8 Å². The van der Waals surface area contributed by atoms with Crippen LogP contribution < -0.4 is 11.1 Å². The molecule has 128 valence electrons. The molecular weight excluding hydrogens is 314 g/mol. The number of nitrogens with one attached hydrogen (secondary N) is 1. The van der Waals surface area contributed by atoms with Crippen LogP contribution in [0.4, 0.5) is 0 Å². The molecule has 1 aromatic rings. The maximum Gasteiger partial charge on any atom is 0.242 e. The summed E-state index contributed by atoms with van der Waals surface area (Å²) in [6.07, 6.45) is 1.96. The van der Waals surface area contributed by atoms with Crippen LogP contribution in [0.15, 0.2) is 30.3 Å². The summed E-state index contributed by atoms with van der Waals surface area (Å²) in [5.74, 6) is -0.256. The van der Waals surface area contributed by atoms with Gasteiger partial charge in [0.2, 0.25) is 11.8 Å². The van der Waals surface area contributed by atoms with Crippen LogP contribution in [-0.4, -0.2) is 35.8 Å². The van der Waals surface area contributed by atoms with Crippen molar-refractivity contribution in [3.05, 3.63) is 35.9 Å². The van der Waals surface area contributed by atoms with Crippen molar-refractivity contribution in [3.63, 3.8) is 0 Å². The molecule has 2 atom stereocenters. The average molecular weight is 340 g/mol. The van der Waals surface area contributed by atoms with E-state index in [2.05, 4.69) is 5.32 Å². The average Bonchev–Trinajstić information content (AvgIpc) is 3.01. The fraction of sp³-hybridized carbons (Fsp3) is 0.529. The molecule has 0 aliphatic carbocycles. The molecule has 5 nitrogen and oxygen atoms in total. The van der Waals surface area contributed by atoms with Crippen LogP contribution in [0, 0.1) is 5.92 Å². The number of carbonyl (C=O) groups excluding carboxylic acids is 2. The summed E-state index contributed by atoms with van der Waals surface area (Å²) in [6, 6.07) is 9.57. The van der Waals surface area contributed by atoms with Crippen LogP contribution in [-0.2, 0) is 9.59 Å². The third-order valence-corrected chi connectivity index (χ3v) is 4.19. The number of nitrogens with two attached hydrogens (primary N) is 1. The van der Waals surface area contributed by atoms with E-state index in [4.69, 9.17) is 5.73 Å². The lowest BCUT2D eigenvalue weighted by Crippen LogP contribution is -2.47. The molecule has 0 saturated carbocycles. The highest BCUT2D eigenvalue weighted by molar-refractivity contribution is 5.87. The zero-order valence-corrected chi connectivity index (χ0v) is 14.5. The Morgan fingerprint density at radius 3 is 2.57 bits per heavy atom. The van der Waals surface area contributed by atoms with Gasteiger partial charge < -0.3 is 16.0 Å². The van der Waals surface area contributed by atoms with Crippen molar-refractivity contribution in [2.24, 2.45) is 11.7 Å². The molecule has 1 saturated heterocycles. The number of nitrogens with zero attached hydrogens (tertiary/aromatic N) is 1. The number of benzene rings is 1. The van der Waals surface area contributed by atoms with Gasteiger partial charge in [-0.25, -0.2) is 0 Å². The van der Waals surface area contributed by atoms with Gasteiger partial charge in [0.15, 0.2) is 0 Å². The Hall–Kier alpha value is -1.59. The molecule has 1 aromatic carbocycles. The second-order valence-corrected chi connectivity index (χ2v) is 6.14. The molecule has 0 radical (unpaired) electrons. The van der Waals surface area contributed by atoms with Crippen LogP contribution in [0.1, 0.15) is 38.3 Å². The number of rotatable bonds is 5. The van der Waals surface area contributed by atoms with Gasteiger partial charge in [-0.3, -0.25) is 9.59 Å². The van der Waals surface area contributed by atoms with E-state index in [1.165, 1.54) is 0 Å². The number of carbonyl (C=O) groups is 2. The van der Waals surface area contributed by atoms with Crippen molar-refractivity contribution < 1.29 is 9.59 Å². The SMILES string of the molecule is CC(C)[C@H](N)C(=O)NCC(=O)N1CCCC1c1ccccc1.Cl. The van der Waals surface area contributed by atoms with E-state index in [9.17, 15) is 9.59 Å². The summed E-state index contributed by atoms with van der Waals surface area (Å²) in [7, 11) is 0. The van der Waals surface area contributed by atoms with Crippen LogP contribution in [0.3, 0.4) is 0 Å². The van der Waals surface area contributed by atoms with Gasteiger partial charge in [-0.15, -0.1) is 12.4 Å². The number of hydrogen-bond acceptors (Lipinski definition) is 3. The summed E-state index contributed by atoms with van der Waals surface area (Å²) in [5, 5.41) is 2.66. The van der Waals surface area contributed by atoms with Gasteiger partial charge >= 0.3 is 0 Å². The molecular formula is C17H26ClN3O2. The Bertz CT molecular complexity index is 522. The van der Waals surface area contributed by atoms with Crippen LogP contribution in [0.25, 0.3) is 0 Å². The molecule has 3 N–H and O–H groups in total. The lowest BCUT2D eigenvalue weighted by molar-refractivity contribution is -0.134. The minimum absolute atomic E-state index is 0. The Kier molecular flexibility index (Phi) is 7.52. The Morgan fingerprint density at radius 1 is 1.30 bits per heavy atom. The summed E-state index contributed by atoms with van der Waals surface area (Å²) in [4.78, 5) is 26.1. The summed E-state index contributed by atoms with van der Waals surface area (Å²) >= 11 is 0. The van der Waals surface area contributed by atoms with E-state index in [1.54, 1.807) is 0 Å². The molecule has 1 aliphatic rings. The fourth-order valence-electron chi connectivity index (χ4n) is 2.77. The minimum atomic E-state index is -0.573. The summed E-state index contributed by atoms with van der Waals surface area (Å²) in [5.41, 5.74) is 6.93. The van der Waals surface area contributed by atoms with Crippen LogP contribution >= 0.6 is 12.4 Å². The molecule has 23 heavy (non-hydrogen) atoms. The van der Waals surface area contributed by atoms with Gasteiger partial charge in [-0.05, 0) is 24.3 Å².